The van der Waals surface area contributed by atoms with Crippen molar-refractivity contribution in [3.05, 3.63) is 53.7 Å². The topological polar surface area (TPSA) is 89.6 Å². The number of carbonyl (C=O) groups excluding carboxylic acids is 2. The van der Waals surface area contributed by atoms with Crippen LogP contribution in [-0.4, -0.2) is 44.2 Å². The maximum Gasteiger partial charge on any atom is 0.337 e. The lowest BCUT2D eigenvalue weighted by molar-refractivity contribution is 0.0600. The summed E-state index contributed by atoms with van der Waals surface area (Å²) >= 11 is 0. The van der Waals surface area contributed by atoms with Gasteiger partial charge in [0.2, 0.25) is 0 Å². The number of nitrogens with one attached hydrogen (secondary N) is 2. The molecule has 0 aliphatic carbocycles. The first kappa shape index (κ1) is 18.4. The van der Waals surface area contributed by atoms with E-state index in [0.717, 1.165) is 6.42 Å². The van der Waals surface area contributed by atoms with E-state index in [2.05, 4.69) is 20.4 Å². The Bertz CT molecular complexity index is 717. The number of ether oxygens (including phenoxy) is 2. The fourth-order valence-corrected chi connectivity index (χ4v) is 2.11. The fraction of sp³-hybridized carbons (Fsp3) is 0.278. The molecule has 0 bridgehead atoms. The molecule has 0 unspecified atom stereocenters. The van der Waals surface area contributed by atoms with E-state index in [1.165, 1.54) is 7.11 Å². The van der Waals surface area contributed by atoms with Crippen LogP contribution in [0.1, 0.15) is 27.1 Å². The molecule has 0 atom stereocenters. The highest BCUT2D eigenvalue weighted by Crippen LogP contribution is 2.13. The molecule has 1 aromatic heterocycles. The third-order valence-corrected chi connectivity index (χ3v) is 3.42. The predicted octanol–water partition coefficient (Wildman–Crippen LogP) is 2.57. The van der Waals surface area contributed by atoms with E-state index in [1.807, 2.05) is 0 Å². The van der Waals surface area contributed by atoms with Crippen LogP contribution in [0.15, 0.2) is 42.6 Å². The monoisotopic (exact) mass is 343 g/mol. The summed E-state index contributed by atoms with van der Waals surface area (Å²) < 4.78 is 9.62. The zero-order valence-corrected chi connectivity index (χ0v) is 14.2. The molecule has 0 saturated carbocycles. The Morgan fingerprint density at radius 3 is 2.52 bits per heavy atom. The molecule has 132 valence electrons. The summed E-state index contributed by atoms with van der Waals surface area (Å²) in [5.74, 6) is -0.0471. The van der Waals surface area contributed by atoms with Gasteiger partial charge in [-0.3, -0.25) is 4.79 Å². The molecule has 25 heavy (non-hydrogen) atoms. The zero-order valence-electron chi connectivity index (χ0n) is 14.2. The number of nitrogens with zero attached hydrogens (tertiary/aromatic N) is 1. The third-order valence-electron chi connectivity index (χ3n) is 3.42. The summed E-state index contributed by atoms with van der Waals surface area (Å²) in [5.41, 5.74) is 1.50. The Hall–Kier alpha value is -2.93. The highest BCUT2D eigenvalue weighted by Gasteiger charge is 2.09. The minimum absolute atomic E-state index is 0.256. The lowest BCUT2D eigenvalue weighted by atomic mass is 10.2. The number of rotatable bonds is 8. The fourth-order valence-electron chi connectivity index (χ4n) is 2.11. The Kier molecular flexibility index (Phi) is 6.91. The van der Waals surface area contributed by atoms with Gasteiger partial charge >= 0.3 is 5.97 Å². The second kappa shape index (κ2) is 9.39. The van der Waals surface area contributed by atoms with Gasteiger partial charge < -0.3 is 20.1 Å². The van der Waals surface area contributed by atoms with Gasteiger partial charge in [-0.2, -0.15) is 0 Å². The van der Waals surface area contributed by atoms with Crippen molar-refractivity contribution in [1.29, 1.82) is 0 Å². The molecule has 1 heterocycles. The van der Waals surface area contributed by atoms with Crippen LogP contribution in [0.4, 0.5) is 11.5 Å². The van der Waals surface area contributed by atoms with Gasteiger partial charge in [0, 0.05) is 37.7 Å². The number of esters is 1. The van der Waals surface area contributed by atoms with Gasteiger partial charge in [0.1, 0.15) is 5.82 Å². The number of hydrogen-bond acceptors (Lipinski definition) is 6. The number of benzene rings is 1. The van der Waals surface area contributed by atoms with Crippen molar-refractivity contribution in [2.45, 2.75) is 6.42 Å². The van der Waals surface area contributed by atoms with Crippen LogP contribution in [0.3, 0.4) is 0 Å². The lowest BCUT2D eigenvalue weighted by Crippen LogP contribution is -2.13. The molecular weight excluding hydrogens is 322 g/mol. The van der Waals surface area contributed by atoms with Gasteiger partial charge in [-0.1, -0.05) is 0 Å². The first-order valence-corrected chi connectivity index (χ1v) is 7.82. The Balaban J connectivity index is 1.97. The molecular formula is C18H21N3O4. The summed E-state index contributed by atoms with van der Waals surface area (Å²) in [4.78, 5) is 27.9. The standard InChI is InChI=1S/C18H21N3O4/c1-24-11-3-9-19-16-12-14(8-10-20-16)17(22)21-15-6-4-13(5-7-15)18(23)25-2/h4-8,10,12H,3,9,11H2,1-2H3,(H,19,20)(H,21,22). The average Bonchev–Trinajstić information content (AvgIpc) is 2.65. The van der Waals surface area contributed by atoms with E-state index in [0.29, 0.717) is 35.8 Å². The van der Waals surface area contributed by atoms with Crippen LogP contribution in [0.2, 0.25) is 0 Å². The van der Waals surface area contributed by atoms with Crippen molar-refractivity contribution >= 4 is 23.4 Å². The summed E-state index contributed by atoms with van der Waals surface area (Å²) in [7, 11) is 2.98. The van der Waals surface area contributed by atoms with E-state index in [-0.39, 0.29) is 5.91 Å². The first-order chi connectivity index (χ1) is 12.1. The first-order valence-electron chi connectivity index (χ1n) is 7.82. The number of anilines is 2. The van der Waals surface area contributed by atoms with Gasteiger partial charge in [0.15, 0.2) is 0 Å². The summed E-state index contributed by atoms with van der Waals surface area (Å²) in [6.45, 7) is 1.37. The van der Waals surface area contributed by atoms with Gasteiger partial charge in [-0.15, -0.1) is 0 Å². The van der Waals surface area contributed by atoms with Crippen LogP contribution < -0.4 is 10.6 Å². The van der Waals surface area contributed by atoms with Crippen molar-refractivity contribution in [2.24, 2.45) is 0 Å². The zero-order chi connectivity index (χ0) is 18.1. The van der Waals surface area contributed by atoms with Crippen molar-refractivity contribution in [3.8, 4) is 0 Å². The van der Waals surface area contributed by atoms with Crippen LogP contribution in [0.5, 0.6) is 0 Å². The Labute approximate surface area is 146 Å². The van der Waals surface area contributed by atoms with Crippen molar-refractivity contribution in [2.75, 3.05) is 38.0 Å². The molecule has 7 nitrogen and oxygen atoms in total. The molecule has 7 heteroatoms. The van der Waals surface area contributed by atoms with Crippen LogP contribution in [0, 0.1) is 0 Å². The SMILES string of the molecule is COCCCNc1cc(C(=O)Nc2ccc(C(=O)OC)cc2)ccn1. The van der Waals surface area contributed by atoms with Crippen molar-refractivity contribution < 1.29 is 19.1 Å². The molecule has 1 aromatic carbocycles. The molecule has 0 radical (unpaired) electrons. The molecule has 2 rings (SSSR count). The largest absolute Gasteiger partial charge is 0.465 e. The highest BCUT2D eigenvalue weighted by molar-refractivity contribution is 6.04. The number of hydrogen-bond donors (Lipinski definition) is 2. The van der Waals surface area contributed by atoms with Gasteiger partial charge in [0.25, 0.3) is 5.91 Å². The number of methoxy groups -OCH3 is 2. The summed E-state index contributed by atoms with van der Waals surface area (Å²) in [6, 6.07) is 9.81. The van der Waals surface area contributed by atoms with Crippen molar-refractivity contribution in [3.63, 3.8) is 0 Å². The minimum Gasteiger partial charge on any atom is -0.465 e. The number of amides is 1. The maximum absolute atomic E-state index is 12.3. The molecule has 0 fully saturated rings. The smallest absolute Gasteiger partial charge is 0.337 e. The Morgan fingerprint density at radius 1 is 1.08 bits per heavy atom. The highest BCUT2D eigenvalue weighted by atomic mass is 16.5. The number of pyridine rings is 1. The molecule has 2 N–H and O–H groups in total. The van der Waals surface area contributed by atoms with Crippen molar-refractivity contribution in [1.82, 2.24) is 4.98 Å². The number of aromatic nitrogens is 1. The summed E-state index contributed by atoms with van der Waals surface area (Å²) in [5, 5.41) is 5.92. The van der Waals surface area contributed by atoms with Gasteiger partial charge in [-0.25, -0.2) is 9.78 Å². The molecule has 0 aliphatic rings. The van der Waals surface area contributed by atoms with E-state index in [9.17, 15) is 9.59 Å². The van der Waals surface area contributed by atoms with Gasteiger partial charge in [-0.05, 0) is 42.8 Å². The molecule has 0 aliphatic heterocycles. The van der Waals surface area contributed by atoms with E-state index in [1.54, 1.807) is 49.7 Å². The predicted molar refractivity (Wildman–Crippen MR) is 95.0 cm³/mol. The number of carbonyl (C=O) groups is 2. The van der Waals surface area contributed by atoms with Gasteiger partial charge in [0.05, 0.1) is 12.7 Å². The average molecular weight is 343 g/mol. The van der Waals surface area contributed by atoms with Crippen LogP contribution >= 0.6 is 0 Å². The maximum atomic E-state index is 12.3. The van der Waals surface area contributed by atoms with Crippen LogP contribution in [0.25, 0.3) is 0 Å². The Morgan fingerprint density at radius 2 is 1.84 bits per heavy atom. The second-order valence-electron chi connectivity index (χ2n) is 5.23. The van der Waals surface area contributed by atoms with E-state index >= 15 is 0 Å². The second-order valence-corrected chi connectivity index (χ2v) is 5.23. The summed E-state index contributed by atoms with van der Waals surface area (Å²) in [6.07, 6.45) is 2.43. The third kappa shape index (κ3) is 5.58. The lowest BCUT2D eigenvalue weighted by Gasteiger charge is -2.08. The molecule has 0 spiro atoms. The quantitative estimate of drug-likeness (QED) is 0.566. The minimum atomic E-state index is -0.420. The molecule has 1 amide bonds. The van der Waals surface area contributed by atoms with E-state index < -0.39 is 5.97 Å². The molecule has 0 saturated heterocycles. The molecule has 2 aromatic rings. The normalized spacial score (nSPS) is 10.2. The van der Waals surface area contributed by atoms with Crippen LogP contribution in [-0.2, 0) is 9.47 Å². The van der Waals surface area contributed by atoms with E-state index in [4.69, 9.17) is 4.74 Å².